The predicted octanol–water partition coefficient (Wildman–Crippen LogP) is 5.59. The zero-order valence-electron chi connectivity index (χ0n) is 15.4. The van der Waals surface area contributed by atoms with Crippen molar-refractivity contribution in [2.75, 3.05) is 0 Å². The first kappa shape index (κ1) is 18.3. The van der Waals surface area contributed by atoms with Gasteiger partial charge in [0, 0.05) is 24.2 Å². The van der Waals surface area contributed by atoms with Gasteiger partial charge in [0.25, 0.3) is 0 Å². The molecule has 1 aliphatic carbocycles. The van der Waals surface area contributed by atoms with E-state index in [0.717, 1.165) is 30.4 Å². The molecule has 0 radical (unpaired) electrons. The standard InChI is InChI=1S/C24H26O2/c1-24(17-9-8-14-23(24)26)22(20-12-6-3-7-13-20)18-21(25)16-15-19-10-4-2-5-11-19/h2-7,10-13,15-16,22H,8-9,14,17-18H2,1H3. The van der Waals surface area contributed by atoms with Crippen LogP contribution in [0.25, 0.3) is 6.08 Å². The lowest BCUT2D eigenvalue weighted by Crippen LogP contribution is -2.38. The molecular formula is C24H26O2. The Morgan fingerprint density at radius 3 is 2.35 bits per heavy atom. The topological polar surface area (TPSA) is 34.1 Å². The van der Waals surface area contributed by atoms with Gasteiger partial charge in [0.1, 0.15) is 5.78 Å². The van der Waals surface area contributed by atoms with Gasteiger partial charge in [0.2, 0.25) is 0 Å². The molecular weight excluding hydrogens is 320 g/mol. The van der Waals surface area contributed by atoms with Crippen LogP contribution in [0.3, 0.4) is 0 Å². The summed E-state index contributed by atoms with van der Waals surface area (Å²) in [5.41, 5.74) is 1.65. The van der Waals surface area contributed by atoms with Crippen molar-refractivity contribution in [2.45, 2.75) is 44.9 Å². The second-order valence-corrected chi connectivity index (χ2v) is 7.43. The maximum Gasteiger partial charge on any atom is 0.156 e. The van der Waals surface area contributed by atoms with E-state index in [1.54, 1.807) is 6.08 Å². The molecule has 0 amide bonds. The number of hydrogen-bond donors (Lipinski definition) is 0. The third-order valence-electron chi connectivity index (χ3n) is 5.62. The number of Topliss-reactive ketones (excluding diaryl/α,β-unsaturated/α-hetero) is 1. The van der Waals surface area contributed by atoms with Crippen LogP contribution in [0, 0.1) is 5.41 Å². The van der Waals surface area contributed by atoms with Crippen molar-refractivity contribution in [2.24, 2.45) is 5.41 Å². The van der Waals surface area contributed by atoms with Crippen LogP contribution in [-0.2, 0) is 9.59 Å². The Morgan fingerprint density at radius 2 is 1.69 bits per heavy atom. The van der Waals surface area contributed by atoms with E-state index in [2.05, 4.69) is 6.92 Å². The van der Waals surface area contributed by atoms with Crippen LogP contribution in [-0.4, -0.2) is 11.6 Å². The van der Waals surface area contributed by atoms with Crippen molar-refractivity contribution in [1.82, 2.24) is 0 Å². The van der Waals surface area contributed by atoms with Crippen molar-refractivity contribution in [3.05, 3.63) is 77.9 Å². The minimum Gasteiger partial charge on any atom is -0.299 e. The van der Waals surface area contributed by atoms with Crippen molar-refractivity contribution in [3.63, 3.8) is 0 Å². The zero-order chi connectivity index (χ0) is 18.4. The van der Waals surface area contributed by atoms with Crippen molar-refractivity contribution < 1.29 is 9.59 Å². The van der Waals surface area contributed by atoms with Crippen LogP contribution in [0.15, 0.2) is 66.7 Å². The summed E-state index contributed by atoms with van der Waals surface area (Å²) in [4.78, 5) is 25.5. The molecule has 1 aliphatic rings. The average molecular weight is 346 g/mol. The van der Waals surface area contributed by atoms with E-state index < -0.39 is 5.41 Å². The van der Waals surface area contributed by atoms with E-state index in [1.165, 1.54) is 0 Å². The summed E-state index contributed by atoms with van der Waals surface area (Å²) in [7, 11) is 0. The summed E-state index contributed by atoms with van der Waals surface area (Å²) in [6, 6.07) is 19.9. The molecule has 0 aliphatic heterocycles. The first-order chi connectivity index (χ1) is 12.6. The number of ketones is 2. The molecule has 0 bridgehead atoms. The molecule has 2 nitrogen and oxygen atoms in total. The molecule has 2 aromatic rings. The fourth-order valence-corrected chi connectivity index (χ4v) is 3.99. The summed E-state index contributed by atoms with van der Waals surface area (Å²) in [6.07, 6.45) is 7.40. The van der Waals surface area contributed by atoms with Gasteiger partial charge in [0.05, 0.1) is 0 Å². The van der Waals surface area contributed by atoms with Gasteiger partial charge in [-0.25, -0.2) is 0 Å². The largest absolute Gasteiger partial charge is 0.299 e. The van der Waals surface area contributed by atoms with E-state index in [1.807, 2.05) is 66.7 Å². The summed E-state index contributed by atoms with van der Waals surface area (Å²) >= 11 is 0. The monoisotopic (exact) mass is 346 g/mol. The van der Waals surface area contributed by atoms with Gasteiger partial charge in [-0.05, 0) is 30.0 Å². The molecule has 0 heterocycles. The lowest BCUT2D eigenvalue weighted by Gasteiger charge is -2.39. The van der Waals surface area contributed by atoms with E-state index in [4.69, 9.17) is 0 Å². The highest BCUT2D eigenvalue weighted by atomic mass is 16.1. The van der Waals surface area contributed by atoms with Crippen LogP contribution in [0.4, 0.5) is 0 Å². The minimum absolute atomic E-state index is 0.0653. The predicted molar refractivity (Wildman–Crippen MR) is 106 cm³/mol. The Morgan fingerprint density at radius 1 is 1.04 bits per heavy atom. The lowest BCUT2D eigenvalue weighted by atomic mass is 9.63. The molecule has 1 saturated carbocycles. The molecule has 0 saturated heterocycles. The Balaban J connectivity index is 1.83. The van der Waals surface area contributed by atoms with E-state index >= 15 is 0 Å². The van der Waals surface area contributed by atoms with Crippen LogP contribution in [0.2, 0.25) is 0 Å². The normalized spacial score (nSPS) is 21.7. The molecule has 26 heavy (non-hydrogen) atoms. The maximum absolute atomic E-state index is 12.8. The van der Waals surface area contributed by atoms with Gasteiger partial charge in [-0.15, -0.1) is 0 Å². The van der Waals surface area contributed by atoms with Crippen LogP contribution in [0.1, 0.15) is 56.1 Å². The van der Waals surface area contributed by atoms with E-state index in [0.29, 0.717) is 18.6 Å². The quantitative estimate of drug-likeness (QED) is 0.639. The Bertz CT molecular complexity index is 776. The van der Waals surface area contributed by atoms with Crippen LogP contribution >= 0.6 is 0 Å². The Hall–Kier alpha value is -2.48. The molecule has 0 spiro atoms. The SMILES string of the molecule is CC1(C(CC(=O)C=Cc2ccccc2)c2ccccc2)CCCCC1=O. The minimum atomic E-state index is -0.449. The van der Waals surface area contributed by atoms with E-state index in [9.17, 15) is 9.59 Å². The van der Waals surface area contributed by atoms with Crippen LogP contribution < -0.4 is 0 Å². The smallest absolute Gasteiger partial charge is 0.156 e. The van der Waals surface area contributed by atoms with Gasteiger partial charge in [-0.1, -0.05) is 80.1 Å². The summed E-state index contributed by atoms with van der Waals surface area (Å²) in [5, 5.41) is 0. The first-order valence-corrected chi connectivity index (χ1v) is 9.44. The first-order valence-electron chi connectivity index (χ1n) is 9.44. The van der Waals surface area contributed by atoms with Gasteiger partial charge in [-0.2, -0.15) is 0 Å². The van der Waals surface area contributed by atoms with Crippen molar-refractivity contribution >= 4 is 17.6 Å². The number of carbonyl (C=O) groups is 2. The zero-order valence-corrected chi connectivity index (χ0v) is 15.4. The highest BCUT2D eigenvalue weighted by Crippen LogP contribution is 2.46. The fraction of sp³-hybridized carbons (Fsp3) is 0.333. The molecule has 2 atom stereocenters. The Labute approximate surface area is 155 Å². The van der Waals surface area contributed by atoms with E-state index in [-0.39, 0.29) is 11.7 Å². The average Bonchev–Trinajstić information content (AvgIpc) is 2.68. The molecule has 0 N–H and O–H groups in total. The molecule has 1 fully saturated rings. The number of allylic oxidation sites excluding steroid dienone is 1. The number of benzene rings is 2. The summed E-state index contributed by atoms with van der Waals surface area (Å²) in [6.45, 7) is 2.06. The highest BCUT2D eigenvalue weighted by molar-refractivity contribution is 5.95. The third kappa shape index (κ3) is 4.19. The van der Waals surface area contributed by atoms with Gasteiger partial charge >= 0.3 is 0 Å². The maximum atomic E-state index is 12.8. The fourth-order valence-electron chi connectivity index (χ4n) is 3.99. The lowest BCUT2D eigenvalue weighted by molar-refractivity contribution is -0.132. The van der Waals surface area contributed by atoms with Crippen LogP contribution in [0.5, 0.6) is 0 Å². The molecule has 2 aromatic carbocycles. The second-order valence-electron chi connectivity index (χ2n) is 7.43. The third-order valence-corrected chi connectivity index (χ3v) is 5.62. The van der Waals surface area contributed by atoms with Gasteiger partial charge in [-0.3, -0.25) is 9.59 Å². The second kappa shape index (κ2) is 8.27. The number of rotatable bonds is 6. The summed E-state index contributed by atoms with van der Waals surface area (Å²) < 4.78 is 0. The van der Waals surface area contributed by atoms with Gasteiger partial charge < -0.3 is 0 Å². The number of carbonyl (C=O) groups excluding carboxylic acids is 2. The highest BCUT2D eigenvalue weighted by Gasteiger charge is 2.43. The molecule has 2 heteroatoms. The summed E-state index contributed by atoms with van der Waals surface area (Å²) in [5.74, 6) is 0.309. The molecule has 2 unspecified atom stereocenters. The molecule has 0 aromatic heterocycles. The van der Waals surface area contributed by atoms with Crippen molar-refractivity contribution in [3.8, 4) is 0 Å². The Kier molecular flexibility index (Phi) is 5.82. The number of hydrogen-bond acceptors (Lipinski definition) is 2. The van der Waals surface area contributed by atoms with Crippen molar-refractivity contribution in [1.29, 1.82) is 0 Å². The molecule has 134 valence electrons. The molecule has 3 rings (SSSR count). The van der Waals surface area contributed by atoms with Gasteiger partial charge in [0.15, 0.2) is 5.78 Å².